The van der Waals surface area contributed by atoms with Crippen LogP contribution in [0.15, 0.2) is 24.3 Å². The summed E-state index contributed by atoms with van der Waals surface area (Å²) in [6.45, 7) is 5.88. The predicted octanol–water partition coefficient (Wildman–Crippen LogP) is -0.334. The van der Waals surface area contributed by atoms with Gasteiger partial charge in [-0.3, -0.25) is 10.9 Å². The van der Waals surface area contributed by atoms with E-state index in [1.54, 1.807) is 12.0 Å². The highest BCUT2D eigenvalue weighted by atomic mass is 32.1. The van der Waals surface area contributed by atoms with Crippen molar-refractivity contribution in [3.05, 3.63) is 24.3 Å². The lowest BCUT2D eigenvalue weighted by Gasteiger charge is -2.23. The van der Waals surface area contributed by atoms with Gasteiger partial charge in [-0.15, -0.1) is 0 Å². The highest BCUT2D eigenvalue weighted by Gasteiger charge is 2.12. The van der Waals surface area contributed by atoms with Gasteiger partial charge in [0.25, 0.3) is 0 Å². The Labute approximate surface area is 159 Å². The van der Waals surface area contributed by atoms with Crippen molar-refractivity contribution in [3.63, 3.8) is 0 Å². The second-order valence-corrected chi connectivity index (χ2v) is 6.47. The normalized spacial score (nSPS) is 14.4. The maximum absolute atomic E-state index is 5.35. The standard InChI is InChI=1S/C16H25N5O2S2/c1-22-14-5-3-13(4-6-14)18-16(25)20-19-15(24)17-7-2-8-21-9-11-23-12-10-21/h3-6H,2,7-12H2,1H3,(H2,17,19,24)(H2,18,20,25)/p+1. The van der Waals surface area contributed by atoms with Crippen LogP contribution in [-0.2, 0) is 4.74 Å². The van der Waals surface area contributed by atoms with Crippen molar-refractivity contribution < 1.29 is 14.4 Å². The van der Waals surface area contributed by atoms with Gasteiger partial charge in [0.15, 0.2) is 10.2 Å². The van der Waals surface area contributed by atoms with Gasteiger partial charge < -0.3 is 25.0 Å². The highest BCUT2D eigenvalue weighted by molar-refractivity contribution is 7.80. The van der Waals surface area contributed by atoms with Gasteiger partial charge >= 0.3 is 0 Å². The summed E-state index contributed by atoms with van der Waals surface area (Å²) in [6.07, 6.45) is 1.06. The number of hydrogen-bond acceptors (Lipinski definition) is 4. The molecule has 1 fully saturated rings. The number of ether oxygens (including phenoxy) is 2. The lowest BCUT2D eigenvalue weighted by atomic mass is 10.3. The van der Waals surface area contributed by atoms with Gasteiger partial charge in [0.2, 0.25) is 0 Å². The first-order valence-electron chi connectivity index (χ1n) is 8.33. The molecule has 1 heterocycles. The summed E-state index contributed by atoms with van der Waals surface area (Å²) in [6, 6.07) is 7.50. The van der Waals surface area contributed by atoms with Gasteiger partial charge in [0.1, 0.15) is 18.8 Å². The van der Waals surface area contributed by atoms with Crippen molar-refractivity contribution in [3.8, 4) is 5.75 Å². The summed E-state index contributed by atoms with van der Waals surface area (Å²) < 4.78 is 10.5. The average Bonchev–Trinajstić information content (AvgIpc) is 2.65. The van der Waals surface area contributed by atoms with Gasteiger partial charge in [0, 0.05) is 18.7 Å². The van der Waals surface area contributed by atoms with E-state index in [9.17, 15) is 0 Å². The molecule has 0 atom stereocenters. The summed E-state index contributed by atoms with van der Waals surface area (Å²) in [5.41, 5.74) is 6.61. The van der Waals surface area contributed by atoms with Crippen LogP contribution < -0.4 is 31.1 Å². The quantitative estimate of drug-likeness (QED) is 0.259. The van der Waals surface area contributed by atoms with E-state index in [0.29, 0.717) is 10.2 Å². The molecule has 0 spiro atoms. The zero-order chi connectivity index (χ0) is 17.9. The van der Waals surface area contributed by atoms with Crippen LogP contribution in [0, 0.1) is 0 Å². The summed E-state index contributed by atoms with van der Waals surface area (Å²) >= 11 is 10.4. The van der Waals surface area contributed by atoms with E-state index in [1.807, 2.05) is 24.3 Å². The van der Waals surface area contributed by atoms with Crippen LogP contribution in [0.25, 0.3) is 0 Å². The molecule has 1 aliphatic rings. The first-order chi connectivity index (χ1) is 12.2. The second-order valence-electron chi connectivity index (χ2n) is 5.65. The molecule has 1 aliphatic heterocycles. The number of methoxy groups -OCH3 is 1. The third-order valence-electron chi connectivity index (χ3n) is 3.83. The first-order valence-corrected chi connectivity index (χ1v) is 9.15. The molecule has 0 amide bonds. The van der Waals surface area contributed by atoms with Gasteiger partial charge in [-0.25, -0.2) is 0 Å². The number of nitrogens with one attached hydrogen (secondary N) is 5. The van der Waals surface area contributed by atoms with E-state index >= 15 is 0 Å². The molecule has 0 aliphatic carbocycles. The van der Waals surface area contributed by atoms with E-state index in [-0.39, 0.29) is 0 Å². The Bertz CT molecular complexity index is 550. The van der Waals surface area contributed by atoms with Crippen LogP contribution in [0.1, 0.15) is 6.42 Å². The topological polar surface area (TPSA) is 71.0 Å². The zero-order valence-electron chi connectivity index (χ0n) is 14.4. The number of quaternary nitrogens is 1. The molecule has 1 aromatic rings. The summed E-state index contributed by atoms with van der Waals surface area (Å²) in [5.74, 6) is 0.798. The lowest BCUT2D eigenvalue weighted by Crippen LogP contribution is -3.14. The Morgan fingerprint density at radius 3 is 2.48 bits per heavy atom. The largest absolute Gasteiger partial charge is 0.497 e. The van der Waals surface area contributed by atoms with Crippen molar-refractivity contribution in [1.29, 1.82) is 0 Å². The minimum Gasteiger partial charge on any atom is -0.497 e. The van der Waals surface area contributed by atoms with Crippen LogP contribution in [-0.4, -0.2) is 56.7 Å². The number of morpholine rings is 1. The Morgan fingerprint density at radius 1 is 1.12 bits per heavy atom. The van der Waals surface area contributed by atoms with Crippen molar-refractivity contribution >= 4 is 40.3 Å². The van der Waals surface area contributed by atoms with Crippen LogP contribution >= 0.6 is 24.4 Å². The fourth-order valence-electron chi connectivity index (χ4n) is 2.44. The first kappa shape index (κ1) is 19.6. The van der Waals surface area contributed by atoms with Crippen LogP contribution in [0.2, 0.25) is 0 Å². The van der Waals surface area contributed by atoms with E-state index in [0.717, 1.165) is 57.3 Å². The monoisotopic (exact) mass is 384 g/mol. The van der Waals surface area contributed by atoms with E-state index in [4.69, 9.17) is 33.9 Å². The second kappa shape index (κ2) is 11.0. The van der Waals surface area contributed by atoms with Gasteiger partial charge in [0.05, 0.1) is 26.9 Å². The van der Waals surface area contributed by atoms with E-state index < -0.39 is 0 Å². The Kier molecular flexibility index (Phi) is 8.67. The number of anilines is 1. The van der Waals surface area contributed by atoms with Crippen LogP contribution in [0.4, 0.5) is 5.69 Å². The molecule has 1 saturated heterocycles. The number of hydrogen-bond donors (Lipinski definition) is 5. The number of benzene rings is 1. The molecule has 2 rings (SSSR count). The molecular formula is C16H26N5O2S2+. The molecule has 1 aromatic carbocycles. The third-order valence-corrected chi connectivity index (χ3v) is 4.28. The highest BCUT2D eigenvalue weighted by Crippen LogP contribution is 2.14. The molecule has 0 radical (unpaired) electrons. The Balaban J connectivity index is 1.55. The molecule has 0 unspecified atom stereocenters. The lowest BCUT2D eigenvalue weighted by molar-refractivity contribution is -0.908. The van der Waals surface area contributed by atoms with Crippen LogP contribution in [0.3, 0.4) is 0 Å². The maximum Gasteiger partial charge on any atom is 0.189 e. The van der Waals surface area contributed by atoms with E-state index in [2.05, 4.69) is 21.5 Å². The Hall–Kier alpha value is -1.68. The summed E-state index contributed by atoms with van der Waals surface area (Å²) in [5, 5.41) is 7.19. The molecule has 9 heteroatoms. The molecule has 5 N–H and O–H groups in total. The van der Waals surface area contributed by atoms with Crippen LogP contribution in [0.5, 0.6) is 5.75 Å². The molecule has 0 bridgehead atoms. The minimum absolute atomic E-state index is 0.437. The predicted molar refractivity (Wildman–Crippen MR) is 107 cm³/mol. The molecular weight excluding hydrogens is 358 g/mol. The van der Waals surface area contributed by atoms with Crippen molar-refractivity contribution in [2.45, 2.75) is 6.42 Å². The number of hydrazine groups is 1. The summed E-state index contributed by atoms with van der Waals surface area (Å²) in [7, 11) is 1.63. The average molecular weight is 385 g/mol. The molecule has 138 valence electrons. The SMILES string of the molecule is COc1ccc(NC(=S)NNC(=S)NCCC[NH+]2CCOCC2)cc1. The summed E-state index contributed by atoms with van der Waals surface area (Å²) in [4.78, 5) is 1.59. The third kappa shape index (κ3) is 7.82. The van der Waals surface area contributed by atoms with Gasteiger partial charge in [-0.05, 0) is 48.7 Å². The smallest absolute Gasteiger partial charge is 0.189 e. The zero-order valence-corrected chi connectivity index (χ0v) is 16.0. The number of rotatable bonds is 6. The van der Waals surface area contributed by atoms with Crippen molar-refractivity contribution in [1.82, 2.24) is 16.2 Å². The molecule has 0 saturated carbocycles. The van der Waals surface area contributed by atoms with Crippen molar-refractivity contribution in [2.75, 3.05) is 51.8 Å². The molecule has 0 aromatic heterocycles. The number of thiocarbonyl (C=S) groups is 2. The van der Waals surface area contributed by atoms with E-state index in [1.165, 1.54) is 0 Å². The maximum atomic E-state index is 5.35. The van der Waals surface area contributed by atoms with Gasteiger partial charge in [-0.2, -0.15) is 0 Å². The molecule has 7 nitrogen and oxygen atoms in total. The fourth-order valence-corrected chi connectivity index (χ4v) is 2.77. The van der Waals surface area contributed by atoms with Crippen molar-refractivity contribution in [2.24, 2.45) is 0 Å². The minimum atomic E-state index is 0.437. The van der Waals surface area contributed by atoms with Gasteiger partial charge in [-0.1, -0.05) is 0 Å². The Morgan fingerprint density at radius 2 is 1.80 bits per heavy atom. The fraction of sp³-hybridized carbons (Fsp3) is 0.500. The molecule has 25 heavy (non-hydrogen) atoms.